The van der Waals surface area contributed by atoms with Gasteiger partial charge in [-0.2, -0.15) is 5.06 Å². The van der Waals surface area contributed by atoms with E-state index in [4.69, 9.17) is 14.7 Å². The van der Waals surface area contributed by atoms with E-state index in [1.165, 1.54) is 0 Å². The molecule has 5 nitrogen and oxygen atoms in total. The highest BCUT2D eigenvalue weighted by Gasteiger charge is 2.35. The number of carbonyl (C=O) groups is 1. The molecule has 0 aromatic rings. The summed E-state index contributed by atoms with van der Waals surface area (Å²) in [6.07, 6.45) is 0.0993. The van der Waals surface area contributed by atoms with E-state index in [2.05, 4.69) is 0 Å². The molecule has 0 aromatic carbocycles. The summed E-state index contributed by atoms with van der Waals surface area (Å²) in [5, 5.41) is 10.5. The van der Waals surface area contributed by atoms with Gasteiger partial charge in [0, 0.05) is 5.41 Å². The van der Waals surface area contributed by atoms with Crippen LogP contribution in [0.4, 0.5) is 0 Å². The summed E-state index contributed by atoms with van der Waals surface area (Å²) in [7, 11) is 0. The molecule has 0 aromatic heterocycles. The zero-order valence-corrected chi connectivity index (χ0v) is 10.4. The van der Waals surface area contributed by atoms with Gasteiger partial charge in [-0.25, -0.2) is 0 Å². The molecule has 1 fully saturated rings. The van der Waals surface area contributed by atoms with Gasteiger partial charge in [-0.15, -0.1) is 0 Å². The highest BCUT2D eigenvalue weighted by Crippen LogP contribution is 2.26. The number of rotatable bonds is 5. The van der Waals surface area contributed by atoms with Gasteiger partial charge < -0.3 is 9.84 Å². The Morgan fingerprint density at radius 1 is 1.56 bits per heavy atom. The first-order valence-corrected chi connectivity index (χ1v) is 5.49. The molecule has 0 amide bonds. The molecule has 1 N–H and O–H groups in total. The molecular formula is C11H21NO4. The SMILES string of the molecule is CC(C)(CON1CCOC1(C)C)CC(=O)O. The molecule has 0 radical (unpaired) electrons. The van der Waals surface area contributed by atoms with Crippen LogP contribution in [0.15, 0.2) is 0 Å². The summed E-state index contributed by atoms with van der Waals surface area (Å²) in [6, 6.07) is 0. The van der Waals surface area contributed by atoms with Crippen LogP contribution in [-0.2, 0) is 14.4 Å². The lowest BCUT2D eigenvalue weighted by Gasteiger charge is -2.32. The summed E-state index contributed by atoms with van der Waals surface area (Å²) in [5.41, 5.74) is -0.788. The van der Waals surface area contributed by atoms with Crippen molar-refractivity contribution in [2.75, 3.05) is 19.8 Å². The van der Waals surface area contributed by atoms with E-state index in [0.29, 0.717) is 13.2 Å². The number of carboxylic acid groups (broad SMARTS) is 1. The minimum absolute atomic E-state index is 0.0993. The molecule has 0 aliphatic carbocycles. The number of carboxylic acids is 1. The van der Waals surface area contributed by atoms with E-state index >= 15 is 0 Å². The van der Waals surface area contributed by atoms with Crippen LogP contribution < -0.4 is 0 Å². The topological polar surface area (TPSA) is 59.0 Å². The van der Waals surface area contributed by atoms with Gasteiger partial charge in [-0.05, 0) is 13.8 Å². The molecule has 0 spiro atoms. The number of hydrogen-bond donors (Lipinski definition) is 1. The Hall–Kier alpha value is -0.650. The van der Waals surface area contributed by atoms with Crippen molar-refractivity contribution in [3.8, 4) is 0 Å². The third-order valence-corrected chi connectivity index (χ3v) is 2.59. The lowest BCUT2D eigenvalue weighted by molar-refractivity contribution is -0.256. The Kier molecular flexibility index (Phi) is 3.93. The maximum atomic E-state index is 10.6. The van der Waals surface area contributed by atoms with Gasteiger partial charge in [0.25, 0.3) is 0 Å². The maximum absolute atomic E-state index is 10.6. The number of nitrogens with zero attached hydrogens (tertiary/aromatic N) is 1. The fraction of sp³-hybridized carbons (Fsp3) is 0.909. The molecular weight excluding hydrogens is 210 g/mol. The Bertz CT molecular complexity index is 263. The first-order chi connectivity index (χ1) is 7.23. The van der Waals surface area contributed by atoms with E-state index in [1.807, 2.05) is 27.7 Å². The molecule has 1 rings (SSSR count). The Morgan fingerprint density at radius 3 is 2.62 bits per heavy atom. The molecule has 1 saturated heterocycles. The largest absolute Gasteiger partial charge is 0.481 e. The zero-order valence-electron chi connectivity index (χ0n) is 10.4. The van der Waals surface area contributed by atoms with Crippen molar-refractivity contribution in [2.45, 2.75) is 39.8 Å². The van der Waals surface area contributed by atoms with Crippen molar-refractivity contribution >= 4 is 5.97 Å². The van der Waals surface area contributed by atoms with Crippen LogP contribution in [0.25, 0.3) is 0 Å². The van der Waals surface area contributed by atoms with Crippen molar-refractivity contribution in [3.63, 3.8) is 0 Å². The maximum Gasteiger partial charge on any atom is 0.303 e. The predicted molar refractivity (Wildman–Crippen MR) is 58.7 cm³/mol. The normalized spacial score (nSPS) is 21.2. The van der Waals surface area contributed by atoms with Crippen LogP contribution in [-0.4, -0.2) is 41.6 Å². The average molecular weight is 231 g/mol. The summed E-state index contributed by atoms with van der Waals surface area (Å²) in [4.78, 5) is 16.3. The second kappa shape index (κ2) is 4.69. The fourth-order valence-corrected chi connectivity index (χ4v) is 1.65. The van der Waals surface area contributed by atoms with Gasteiger partial charge in [0.2, 0.25) is 0 Å². The second-order valence-corrected chi connectivity index (χ2v) is 5.41. The quantitative estimate of drug-likeness (QED) is 0.776. The van der Waals surface area contributed by atoms with Crippen molar-refractivity contribution in [3.05, 3.63) is 0 Å². The Labute approximate surface area is 96.3 Å². The zero-order chi connectivity index (χ0) is 12.4. The predicted octanol–water partition coefficient (Wildman–Crippen LogP) is 1.49. The Morgan fingerprint density at radius 2 is 2.19 bits per heavy atom. The van der Waals surface area contributed by atoms with Gasteiger partial charge in [-0.1, -0.05) is 13.8 Å². The number of aliphatic carboxylic acids is 1. The molecule has 0 saturated carbocycles. The number of hydroxylamine groups is 2. The molecule has 94 valence electrons. The number of ether oxygens (including phenoxy) is 1. The van der Waals surface area contributed by atoms with E-state index in [1.54, 1.807) is 5.06 Å². The molecule has 1 aliphatic heterocycles. The summed E-state index contributed by atoms with van der Waals surface area (Å²) in [5.74, 6) is -0.800. The van der Waals surface area contributed by atoms with Gasteiger partial charge in [-0.3, -0.25) is 9.63 Å². The van der Waals surface area contributed by atoms with Crippen molar-refractivity contribution in [2.24, 2.45) is 5.41 Å². The molecule has 0 bridgehead atoms. The monoisotopic (exact) mass is 231 g/mol. The van der Waals surface area contributed by atoms with E-state index < -0.39 is 11.7 Å². The van der Waals surface area contributed by atoms with Crippen LogP contribution in [0.5, 0.6) is 0 Å². The van der Waals surface area contributed by atoms with Crippen LogP contribution in [0, 0.1) is 5.41 Å². The summed E-state index contributed by atoms with van der Waals surface area (Å²) >= 11 is 0. The van der Waals surface area contributed by atoms with E-state index in [9.17, 15) is 4.79 Å². The highest BCUT2D eigenvalue weighted by molar-refractivity contribution is 5.67. The minimum atomic E-state index is -0.800. The molecule has 16 heavy (non-hydrogen) atoms. The number of hydrogen-bond acceptors (Lipinski definition) is 4. The van der Waals surface area contributed by atoms with Crippen LogP contribution in [0.2, 0.25) is 0 Å². The molecule has 0 atom stereocenters. The summed E-state index contributed by atoms with van der Waals surface area (Å²) in [6.45, 7) is 9.37. The first kappa shape index (κ1) is 13.4. The van der Waals surface area contributed by atoms with Gasteiger partial charge in [0.05, 0.1) is 26.2 Å². The lowest BCUT2D eigenvalue weighted by atomic mass is 9.91. The average Bonchev–Trinajstić information content (AvgIpc) is 2.39. The third-order valence-electron chi connectivity index (χ3n) is 2.59. The fourth-order valence-electron chi connectivity index (χ4n) is 1.65. The van der Waals surface area contributed by atoms with Crippen LogP contribution >= 0.6 is 0 Å². The van der Waals surface area contributed by atoms with Gasteiger partial charge in [0.15, 0.2) is 0 Å². The van der Waals surface area contributed by atoms with Crippen molar-refractivity contribution in [1.82, 2.24) is 5.06 Å². The third kappa shape index (κ3) is 3.73. The Balaban J connectivity index is 2.42. The molecule has 1 aliphatic rings. The lowest BCUT2D eigenvalue weighted by Crippen LogP contribution is -2.41. The van der Waals surface area contributed by atoms with Gasteiger partial charge in [0.1, 0.15) is 5.72 Å². The van der Waals surface area contributed by atoms with Crippen molar-refractivity contribution < 1.29 is 19.5 Å². The highest BCUT2D eigenvalue weighted by atomic mass is 16.7. The smallest absolute Gasteiger partial charge is 0.303 e. The van der Waals surface area contributed by atoms with E-state index in [-0.39, 0.29) is 11.8 Å². The standard InChI is InChI=1S/C11H21NO4/c1-10(2,7-9(13)14)8-16-12-5-6-15-11(12,3)4/h5-8H2,1-4H3,(H,13,14). The molecule has 0 unspecified atom stereocenters. The molecule has 1 heterocycles. The van der Waals surface area contributed by atoms with Crippen molar-refractivity contribution in [1.29, 1.82) is 0 Å². The summed E-state index contributed by atoms with van der Waals surface area (Å²) < 4.78 is 5.48. The van der Waals surface area contributed by atoms with Gasteiger partial charge >= 0.3 is 5.97 Å². The molecule has 5 heteroatoms. The van der Waals surface area contributed by atoms with E-state index in [0.717, 1.165) is 6.54 Å². The first-order valence-electron chi connectivity index (χ1n) is 5.49. The second-order valence-electron chi connectivity index (χ2n) is 5.41. The minimum Gasteiger partial charge on any atom is -0.481 e. The van der Waals surface area contributed by atoms with Crippen LogP contribution in [0.1, 0.15) is 34.1 Å². The van der Waals surface area contributed by atoms with Crippen LogP contribution in [0.3, 0.4) is 0 Å².